The van der Waals surface area contributed by atoms with Crippen LogP contribution < -0.4 is 5.32 Å². The van der Waals surface area contributed by atoms with Crippen molar-refractivity contribution in [1.82, 2.24) is 5.32 Å². The van der Waals surface area contributed by atoms with Crippen LogP contribution in [0.1, 0.15) is 39.0 Å². The van der Waals surface area contributed by atoms with Crippen LogP contribution in [0.2, 0.25) is 0 Å². The lowest BCUT2D eigenvalue weighted by atomic mass is 9.83. The summed E-state index contributed by atoms with van der Waals surface area (Å²) in [6, 6.07) is 0. The molecule has 1 saturated heterocycles. The molecule has 2 heteroatoms. The minimum Gasteiger partial charge on any atom is -0.396 e. The molecule has 0 aromatic carbocycles. The molecule has 0 spiro atoms. The Kier molecular flexibility index (Phi) is 5.40. The smallest absolute Gasteiger partial charge is 0.0433 e. The van der Waals surface area contributed by atoms with Gasteiger partial charge in [0.05, 0.1) is 0 Å². The van der Waals surface area contributed by atoms with Gasteiger partial charge in [0.2, 0.25) is 0 Å². The molecule has 1 aliphatic heterocycles. The molecule has 0 saturated carbocycles. The van der Waals surface area contributed by atoms with Crippen LogP contribution in [0.15, 0.2) is 0 Å². The highest BCUT2D eigenvalue weighted by atomic mass is 16.3. The number of aliphatic hydroxyl groups is 1. The van der Waals surface area contributed by atoms with Crippen LogP contribution in [-0.4, -0.2) is 24.8 Å². The van der Waals surface area contributed by atoms with Crippen LogP contribution >= 0.6 is 0 Å². The molecule has 78 valence electrons. The van der Waals surface area contributed by atoms with Gasteiger partial charge in [0, 0.05) is 6.61 Å². The molecule has 13 heavy (non-hydrogen) atoms. The van der Waals surface area contributed by atoms with E-state index in [1.165, 1.54) is 38.8 Å². The van der Waals surface area contributed by atoms with Crippen LogP contribution in [0.3, 0.4) is 0 Å². The van der Waals surface area contributed by atoms with Gasteiger partial charge >= 0.3 is 0 Å². The van der Waals surface area contributed by atoms with Crippen molar-refractivity contribution in [3.63, 3.8) is 0 Å². The number of hydrogen-bond acceptors (Lipinski definition) is 2. The van der Waals surface area contributed by atoms with Crippen molar-refractivity contribution in [3.05, 3.63) is 0 Å². The third-order valence-corrected chi connectivity index (χ3v) is 3.31. The molecule has 2 N–H and O–H groups in total. The summed E-state index contributed by atoms with van der Waals surface area (Å²) in [5.41, 5.74) is 0. The summed E-state index contributed by atoms with van der Waals surface area (Å²) in [4.78, 5) is 0. The molecule has 0 radical (unpaired) electrons. The predicted octanol–water partition coefficient (Wildman–Crippen LogP) is 1.78. The van der Waals surface area contributed by atoms with Crippen LogP contribution in [0.5, 0.6) is 0 Å². The molecular formula is C11H23NO. The highest BCUT2D eigenvalue weighted by molar-refractivity contribution is 4.73. The van der Waals surface area contributed by atoms with Crippen molar-refractivity contribution in [1.29, 1.82) is 0 Å². The molecule has 1 fully saturated rings. The van der Waals surface area contributed by atoms with Gasteiger partial charge in [-0.15, -0.1) is 0 Å². The van der Waals surface area contributed by atoms with E-state index in [1.54, 1.807) is 0 Å². The molecule has 1 aliphatic rings. The largest absolute Gasteiger partial charge is 0.396 e. The molecule has 2 nitrogen and oxygen atoms in total. The van der Waals surface area contributed by atoms with Gasteiger partial charge in [0.15, 0.2) is 0 Å². The first-order chi connectivity index (χ1) is 6.38. The SMILES string of the molecule is CCC(CCO)C1CCCNCC1. The summed E-state index contributed by atoms with van der Waals surface area (Å²) < 4.78 is 0. The summed E-state index contributed by atoms with van der Waals surface area (Å²) in [6.45, 7) is 4.97. The van der Waals surface area contributed by atoms with Gasteiger partial charge in [-0.25, -0.2) is 0 Å². The molecule has 0 aliphatic carbocycles. The van der Waals surface area contributed by atoms with Crippen LogP contribution in [0, 0.1) is 11.8 Å². The number of nitrogens with one attached hydrogen (secondary N) is 1. The van der Waals surface area contributed by atoms with Crippen molar-refractivity contribution >= 4 is 0 Å². The summed E-state index contributed by atoms with van der Waals surface area (Å²) in [5, 5.41) is 12.4. The average Bonchev–Trinajstić information content (AvgIpc) is 2.42. The minimum atomic E-state index is 0.364. The van der Waals surface area contributed by atoms with Gasteiger partial charge < -0.3 is 10.4 Å². The van der Waals surface area contributed by atoms with Gasteiger partial charge in [0.1, 0.15) is 0 Å². The standard InChI is InChI=1S/C11H23NO/c1-2-10(6-9-13)11-4-3-7-12-8-5-11/h10-13H,2-9H2,1H3. The van der Waals surface area contributed by atoms with Crippen molar-refractivity contribution in [2.45, 2.75) is 39.0 Å². The Balaban J connectivity index is 2.35. The molecule has 2 unspecified atom stereocenters. The van der Waals surface area contributed by atoms with E-state index in [0.29, 0.717) is 6.61 Å². The molecule has 0 aromatic heterocycles. The van der Waals surface area contributed by atoms with E-state index < -0.39 is 0 Å². The number of aliphatic hydroxyl groups excluding tert-OH is 1. The molecule has 0 aromatic rings. The normalized spacial score (nSPS) is 26.8. The quantitative estimate of drug-likeness (QED) is 0.700. The van der Waals surface area contributed by atoms with Gasteiger partial charge in [0.25, 0.3) is 0 Å². The lowest BCUT2D eigenvalue weighted by molar-refractivity contribution is 0.204. The summed E-state index contributed by atoms with van der Waals surface area (Å²) in [7, 11) is 0. The number of rotatable bonds is 4. The summed E-state index contributed by atoms with van der Waals surface area (Å²) in [6.07, 6.45) is 6.20. The third kappa shape index (κ3) is 3.65. The fourth-order valence-corrected chi connectivity index (χ4v) is 2.46. The topological polar surface area (TPSA) is 32.3 Å². The van der Waals surface area contributed by atoms with E-state index in [9.17, 15) is 0 Å². The Bertz CT molecular complexity index is 119. The van der Waals surface area contributed by atoms with E-state index in [1.807, 2.05) is 0 Å². The zero-order chi connectivity index (χ0) is 9.52. The van der Waals surface area contributed by atoms with Crippen LogP contribution in [0.4, 0.5) is 0 Å². The molecule has 2 atom stereocenters. The van der Waals surface area contributed by atoms with Crippen molar-refractivity contribution < 1.29 is 5.11 Å². The third-order valence-electron chi connectivity index (χ3n) is 3.31. The van der Waals surface area contributed by atoms with Crippen molar-refractivity contribution in [2.75, 3.05) is 19.7 Å². The second-order valence-electron chi connectivity index (χ2n) is 4.12. The maximum atomic E-state index is 8.95. The molecular weight excluding hydrogens is 162 g/mol. The highest BCUT2D eigenvalue weighted by Gasteiger charge is 2.20. The molecule has 0 bridgehead atoms. The second kappa shape index (κ2) is 6.39. The predicted molar refractivity (Wildman–Crippen MR) is 55.7 cm³/mol. The molecule has 0 amide bonds. The highest BCUT2D eigenvalue weighted by Crippen LogP contribution is 2.27. The fourth-order valence-electron chi connectivity index (χ4n) is 2.46. The zero-order valence-corrected chi connectivity index (χ0v) is 8.76. The van der Waals surface area contributed by atoms with Gasteiger partial charge in [-0.05, 0) is 50.6 Å². The minimum absolute atomic E-state index is 0.364. The van der Waals surface area contributed by atoms with Crippen molar-refractivity contribution in [2.24, 2.45) is 11.8 Å². The monoisotopic (exact) mass is 185 g/mol. The first kappa shape index (κ1) is 11.0. The Morgan fingerprint density at radius 3 is 2.92 bits per heavy atom. The maximum Gasteiger partial charge on any atom is 0.0433 e. The molecule has 1 rings (SSSR count). The Hall–Kier alpha value is -0.0800. The summed E-state index contributed by atoms with van der Waals surface area (Å²) in [5.74, 6) is 1.61. The Morgan fingerprint density at radius 2 is 2.23 bits per heavy atom. The van der Waals surface area contributed by atoms with E-state index in [4.69, 9.17) is 5.11 Å². The van der Waals surface area contributed by atoms with Crippen molar-refractivity contribution in [3.8, 4) is 0 Å². The first-order valence-electron chi connectivity index (χ1n) is 5.70. The number of hydrogen-bond donors (Lipinski definition) is 2. The summed E-state index contributed by atoms with van der Waals surface area (Å²) >= 11 is 0. The van der Waals surface area contributed by atoms with E-state index in [-0.39, 0.29) is 0 Å². The van der Waals surface area contributed by atoms with E-state index in [2.05, 4.69) is 12.2 Å². The fraction of sp³-hybridized carbons (Fsp3) is 1.00. The Morgan fingerprint density at radius 1 is 1.38 bits per heavy atom. The maximum absolute atomic E-state index is 8.95. The van der Waals surface area contributed by atoms with E-state index in [0.717, 1.165) is 18.3 Å². The second-order valence-corrected chi connectivity index (χ2v) is 4.12. The zero-order valence-electron chi connectivity index (χ0n) is 8.76. The lowest BCUT2D eigenvalue weighted by Gasteiger charge is -2.23. The van der Waals surface area contributed by atoms with Crippen LogP contribution in [-0.2, 0) is 0 Å². The average molecular weight is 185 g/mol. The first-order valence-corrected chi connectivity index (χ1v) is 5.70. The van der Waals surface area contributed by atoms with Gasteiger partial charge in [-0.1, -0.05) is 13.3 Å². The van der Waals surface area contributed by atoms with E-state index >= 15 is 0 Å². The van der Waals surface area contributed by atoms with Gasteiger partial charge in [-0.2, -0.15) is 0 Å². The van der Waals surface area contributed by atoms with Gasteiger partial charge in [-0.3, -0.25) is 0 Å². The lowest BCUT2D eigenvalue weighted by Crippen LogP contribution is -2.18. The molecule has 1 heterocycles. The van der Waals surface area contributed by atoms with Crippen LogP contribution in [0.25, 0.3) is 0 Å². The Labute approximate surface area is 81.7 Å².